The fourth-order valence-electron chi connectivity index (χ4n) is 2.82. The van der Waals surface area contributed by atoms with Gasteiger partial charge in [0.25, 0.3) is 0 Å². The fourth-order valence-corrected chi connectivity index (χ4v) is 2.82. The standard InChI is InChI=1S/C15H17N7/c1-12-10-13(19-11-18-12)20-6-8-22(9-7-20)15-14-16-2-4-21(14)5-3-17-15/h2-5,10-11H,6-9H2,1H3. The molecule has 0 saturated carbocycles. The van der Waals surface area contributed by atoms with Crippen LogP contribution in [0.25, 0.3) is 5.65 Å². The summed E-state index contributed by atoms with van der Waals surface area (Å²) in [6.45, 7) is 5.63. The Hall–Kier alpha value is -2.70. The third-order valence-electron chi connectivity index (χ3n) is 3.99. The second-order valence-corrected chi connectivity index (χ2v) is 5.40. The maximum Gasteiger partial charge on any atom is 0.180 e. The van der Waals surface area contributed by atoms with Gasteiger partial charge < -0.3 is 14.2 Å². The zero-order valence-corrected chi connectivity index (χ0v) is 12.4. The first kappa shape index (κ1) is 13.0. The Bertz CT molecular complexity index is 789. The molecule has 112 valence electrons. The summed E-state index contributed by atoms with van der Waals surface area (Å²) in [7, 11) is 0. The lowest BCUT2D eigenvalue weighted by molar-refractivity contribution is 0.641. The number of anilines is 2. The minimum absolute atomic E-state index is 0.905. The largest absolute Gasteiger partial charge is 0.353 e. The molecule has 1 aliphatic heterocycles. The average Bonchev–Trinajstić information content (AvgIpc) is 3.04. The van der Waals surface area contributed by atoms with Gasteiger partial charge >= 0.3 is 0 Å². The molecule has 0 atom stereocenters. The van der Waals surface area contributed by atoms with E-state index in [0.717, 1.165) is 49.2 Å². The monoisotopic (exact) mass is 295 g/mol. The molecular formula is C15H17N7. The van der Waals surface area contributed by atoms with E-state index in [0.29, 0.717) is 0 Å². The van der Waals surface area contributed by atoms with Crippen molar-refractivity contribution < 1.29 is 0 Å². The number of aromatic nitrogens is 5. The molecule has 0 unspecified atom stereocenters. The molecule has 0 spiro atoms. The lowest BCUT2D eigenvalue weighted by Crippen LogP contribution is -2.47. The number of rotatable bonds is 2. The van der Waals surface area contributed by atoms with Gasteiger partial charge in [0.2, 0.25) is 0 Å². The van der Waals surface area contributed by atoms with Crippen molar-refractivity contribution in [3.05, 3.63) is 42.9 Å². The molecule has 3 aromatic heterocycles. The van der Waals surface area contributed by atoms with Crippen LogP contribution in [0.1, 0.15) is 5.69 Å². The van der Waals surface area contributed by atoms with Gasteiger partial charge in [-0.1, -0.05) is 0 Å². The van der Waals surface area contributed by atoms with Crippen LogP contribution in [0.4, 0.5) is 11.6 Å². The summed E-state index contributed by atoms with van der Waals surface area (Å²) in [6.07, 6.45) is 9.13. The van der Waals surface area contributed by atoms with Crippen LogP contribution in [0.15, 0.2) is 37.2 Å². The Morgan fingerprint density at radius 3 is 2.36 bits per heavy atom. The van der Waals surface area contributed by atoms with Crippen molar-refractivity contribution in [3.63, 3.8) is 0 Å². The molecule has 7 heteroatoms. The third-order valence-corrected chi connectivity index (χ3v) is 3.99. The molecule has 0 N–H and O–H groups in total. The van der Waals surface area contributed by atoms with Crippen LogP contribution in [-0.2, 0) is 0 Å². The maximum atomic E-state index is 4.51. The van der Waals surface area contributed by atoms with E-state index in [1.807, 2.05) is 36.0 Å². The molecule has 4 rings (SSSR count). The molecule has 4 heterocycles. The molecule has 0 aliphatic carbocycles. The molecule has 3 aromatic rings. The summed E-state index contributed by atoms with van der Waals surface area (Å²) in [4.78, 5) is 22.0. The maximum absolute atomic E-state index is 4.51. The van der Waals surface area contributed by atoms with Gasteiger partial charge in [-0.2, -0.15) is 0 Å². The summed E-state index contributed by atoms with van der Waals surface area (Å²) in [5.74, 6) is 1.95. The first-order valence-corrected chi connectivity index (χ1v) is 7.37. The number of imidazole rings is 1. The quantitative estimate of drug-likeness (QED) is 0.707. The van der Waals surface area contributed by atoms with E-state index in [1.165, 1.54) is 0 Å². The second-order valence-electron chi connectivity index (χ2n) is 5.40. The summed E-state index contributed by atoms with van der Waals surface area (Å²) in [5, 5.41) is 0. The van der Waals surface area contributed by atoms with Gasteiger partial charge in [-0.3, -0.25) is 0 Å². The number of aryl methyl sites for hydroxylation is 1. The van der Waals surface area contributed by atoms with Gasteiger partial charge in [0.15, 0.2) is 11.5 Å². The minimum Gasteiger partial charge on any atom is -0.353 e. The summed E-state index contributed by atoms with van der Waals surface area (Å²) in [5.41, 5.74) is 1.91. The molecule has 7 nitrogen and oxygen atoms in total. The summed E-state index contributed by atoms with van der Waals surface area (Å²) in [6, 6.07) is 2.03. The van der Waals surface area contributed by atoms with Crippen LogP contribution in [-0.4, -0.2) is 50.5 Å². The molecule has 1 aliphatic rings. The van der Waals surface area contributed by atoms with Crippen LogP contribution in [0, 0.1) is 6.92 Å². The predicted molar refractivity (Wildman–Crippen MR) is 84.2 cm³/mol. The average molecular weight is 295 g/mol. The number of hydrogen-bond acceptors (Lipinski definition) is 6. The first-order chi connectivity index (χ1) is 10.8. The van der Waals surface area contributed by atoms with Crippen LogP contribution in [0.3, 0.4) is 0 Å². The highest BCUT2D eigenvalue weighted by molar-refractivity contribution is 5.64. The number of nitrogens with zero attached hydrogens (tertiary/aromatic N) is 7. The van der Waals surface area contributed by atoms with E-state index in [1.54, 1.807) is 12.5 Å². The first-order valence-electron chi connectivity index (χ1n) is 7.37. The third kappa shape index (κ3) is 2.24. The molecule has 1 saturated heterocycles. The lowest BCUT2D eigenvalue weighted by atomic mass is 10.3. The molecule has 0 aromatic carbocycles. The van der Waals surface area contributed by atoms with Crippen LogP contribution < -0.4 is 9.80 Å². The van der Waals surface area contributed by atoms with Gasteiger partial charge in [-0.05, 0) is 6.92 Å². The van der Waals surface area contributed by atoms with Crippen LogP contribution >= 0.6 is 0 Å². The predicted octanol–water partition coefficient (Wildman–Crippen LogP) is 1.15. The van der Waals surface area contributed by atoms with E-state index < -0.39 is 0 Å². The summed E-state index contributed by atoms with van der Waals surface area (Å²) >= 11 is 0. The second kappa shape index (κ2) is 5.25. The smallest absolute Gasteiger partial charge is 0.180 e. The van der Waals surface area contributed by atoms with Crippen molar-refractivity contribution >= 4 is 17.3 Å². The zero-order chi connectivity index (χ0) is 14.9. The Morgan fingerprint density at radius 2 is 1.59 bits per heavy atom. The SMILES string of the molecule is Cc1cc(N2CCN(c3nccn4ccnc34)CC2)ncn1. The Kier molecular flexibility index (Phi) is 3.10. The zero-order valence-electron chi connectivity index (χ0n) is 12.4. The van der Waals surface area contributed by atoms with Gasteiger partial charge in [-0.25, -0.2) is 19.9 Å². The van der Waals surface area contributed by atoms with Crippen molar-refractivity contribution in [2.75, 3.05) is 36.0 Å². The Morgan fingerprint density at radius 1 is 0.864 bits per heavy atom. The number of fused-ring (bicyclic) bond motifs is 1. The number of hydrogen-bond donors (Lipinski definition) is 0. The molecule has 0 radical (unpaired) electrons. The van der Waals surface area contributed by atoms with Gasteiger partial charge in [0.05, 0.1) is 0 Å². The molecule has 0 bridgehead atoms. The van der Waals surface area contributed by atoms with E-state index in [2.05, 4.69) is 29.7 Å². The highest BCUT2D eigenvalue weighted by atomic mass is 15.3. The topological polar surface area (TPSA) is 62.5 Å². The summed E-state index contributed by atoms with van der Waals surface area (Å²) < 4.78 is 2.00. The molecule has 22 heavy (non-hydrogen) atoms. The lowest BCUT2D eigenvalue weighted by Gasteiger charge is -2.36. The Labute approximate surface area is 128 Å². The Balaban J connectivity index is 1.53. The van der Waals surface area contributed by atoms with Crippen molar-refractivity contribution in [2.45, 2.75) is 6.92 Å². The van der Waals surface area contributed by atoms with Gasteiger partial charge in [0.1, 0.15) is 12.1 Å². The van der Waals surface area contributed by atoms with E-state index in [9.17, 15) is 0 Å². The fraction of sp³-hybridized carbons (Fsp3) is 0.333. The van der Waals surface area contributed by atoms with Crippen molar-refractivity contribution in [3.8, 4) is 0 Å². The van der Waals surface area contributed by atoms with E-state index in [4.69, 9.17) is 0 Å². The number of piperazine rings is 1. The molecule has 0 amide bonds. The highest BCUT2D eigenvalue weighted by Crippen LogP contribution is 2.20. The van der Waals surface area contributed by atoms with Crippen LogP contribution in [0.2, 0.25) is 0 Å². The minimum atomic E-state index is 0.905. The normalized spacial score (nSPS) is 15.5. The molecule has 1 fully saturated rings. The highest BCUT2D eigenvalue weighted by Gasteiger charge is 2.21. The van der Waals surface area contributed by atoms with Crippen molar-refractivity contribution in [1.29, 1.82) is 0 Å². The van der Waals surface area contributed by atoms with Crippen LogP contribution in [0.5, 0.6) is 0 Å². The molecular weight excluding hydrogens is 278 g/mol. The van der Waals surface area contributed by atoms with Gasteiger partial charge in [0, 0.05) is 62.7 Å². The van der Waals surface area contributed by atoms with Gasteiger partial charge in [-0.15, -0.1) is 0 Å². The van der Waals surface area contributed by atoms with Crippen molar-refractivity contribution in [2.24, 2.45) is 0 Å². The van der Waals surface area contributed by atoms with Crippen molar-refractivity contribution in [1.82, 2.24) is 24.3 Å². The van der Waals surface area contributed by atoms with E-state index >= 15 is 0 Å². The van der Waals surface area contributed by atoms with E-state index in [-0.39, 0.29) is 0 Å².